The summed E-state index contributed by atoms with van der Waals surface area (Å²) in [5.74, 6) is 1.47. The van der Waals surface area contributed by atoms with Gasteiger partial charge in [-0.2, -0.15) is 4.98 Å². The summed E-state index contributed by atoms with van der Waals surface area (Å²) in [6, 6.07) is 16.5. The molecule has 0 saturated carbocycles. The third-order valence-corrected chi connectivity index (χ3v) is 6.10. The zero-order valence-corrected chi connectivity index (χ0v) is 20.7. The lowest BCUT2D eigenvalue weighted by atomic mass is 10.1. The van der Waals surface area contributed by atoms with Crippen molar-refractivity contribution in [2.45, 2.75) is 13.8 Å². The maximum absolute atomic E-state index is 13.1. The van der Waals surface area contributed by atoms with Crippen LogP contribution in [0.15, 0.2) is 59.1 Å². The van der Waals surface area contributed by atoms with Crippen LogP contribution in [0, 0.1) is 13.8 Å². The van der Waals surface area contributed by atoms with Crippen molar-refractivity contribution in [2.24, 2.45) is 0 Å². The monoisotopic (exact) mass is 504 g/mol. The molecule has 1 saturated heterocycles. The first-order valence-electron chi connectivity index (χ1n) is 11.6. The van der Waals surface area contributed by atoms with Crippen molar-refractivity contribution in [3.63, 3.8) is 0 Å². The number of halogens is 1. The summed E-state index contributed by atoms with van der Waals surface area (Å²) in [7, 11) is 0. The summed E-state index contributed by atoms with van der Waals surface area (Å²) in [4.78, 5) is 24.4. The molecule has 3 heterocycles. The number of carbonyl (C=O) groups excluding carboxylic acids is 1. The fourth-order valence-electron chi connectivity index (χ4n) is 3.98. The highest BCUT2D eigenvalue weighted by molar-refractivity contribution is 6.33. The molecule has 0 atom stereocenters. The van der Waals surface area contributed by atoms with E-state index < -0.39 is 0 Å². The average Bonchev–Trinajstić information content (AvgIpc) is 3.27. The van der Waals surface area contributed by atoms with Gasteiger partial charge in [-0.25, -0.2) is 4.98 Å². The van der Waals surface area contributed by atoms with Crippen molar-refractivity contribution >= 4 is 40.6 Å². The molecule has 2 N–H and O–H groups in total. The topological polar surface area (TPSA) is 105 Å². The first kappa shape index (κ1) is 23.8. The van der Waals surface area contributed by atoms with Gasteiger partial charge in [-0.15, -0.1) is 0 Å². The van der Waals surface area contributed by atoms with E-state index in [1.165, 1.54) is 0 Å². The van der Waals surface area contributed by atoms with Crippen LogP contribution in [0.2, 0.25) is 5.02 Å². The van der Waals surface area contributed by atoms with Crippen molar-refractivity contribution in [2.75, 3.05) is 41.8 Å². The highest BCUT2D eigenvalue weighted by Gasteiger charge is 2.23. The maximum atomic E-state index is 13.1. The summed E-state index contributed by atoms with van der Waals surface area (Å²) in [5.41, 5.74) is 3.72. The summed E-state index contributed by atoms with van der Waals surface area (Å²) >= 11 is 6.31. The van der Waals surface area contributed by atoms with Gasteiger partial charge in [0.1, 0.15) is 22.8 Å². The largest absolute Gasteiger partial charge is 0.378 e. The molecule has 0 radical (unpaired) electrons. The van der Waals surface area contributed by atoms with Crippen LogP contribution in [0.5, 0.6) is 0 Å². The number of morpholine rings is 1. The van der Waals surface area contributed by atoms with Crippen LogP contribution in [-0.2, 0) is 4.74 Å². The number of aromatic nitrogens is 3. The van der Waals surface area contributed by atoms with Gasteiger partial charge in [0.2, 0.25) is 5.95 Å². The molecule has 0 bridgehead atoms. The Morgan fingerprint density at radius 3 is 2.47 bits per heavy atom. The van der Waals surface area contributed by atoms with E-state index >= 15 is 0 Å². The second kappa shape index (κ2) is 10.3. The molecule has 1 aliphatic rings. The molecule has 0 aliphatic carbocycles. The average molecular weight is 505 g/mol. The molecule has 1 amide bonds. The number of carbonyl (C=O) groups is 1. The normalized spacial score (nSPS) is 13.5. The summed E-state index contributed by atoms with van der Waals surface area (Å²) in [5, 5.41) is 10.8. The Balaban J connectivity index is 1.30. The number of hydrogen-bond acceptors (Lipinski definition) is 8. The predicted molar refractivity (Wildman–Crippen MR) is 139 cm³/mol. The van der Waals surface area contributed by atoms with Crippen LogP contribution in [0.3, 0.4) is 0 Å². The van der Waals surface area contributed by atoms with Crippen molar-refractivity contribution < 1.29 is 14.1 Å². The zero-order valence-electron chi connectivity index (χ0n) is 19.9. The summed E-state index contributed by atoms with van der Waals surface area (Å²) in [6.07, 6.45) is 0. The van der Waals surface area contributed by atoms with Gasteiger partial charge in [0, 0.05) is 41.8 Å². The molecule has 1 fully saturated rings. The molecule has 184 valence electrons. The fourth-order valence-corrected chi connectivity index (χ4v) is 4.20. The Bertz CT molecular complexity index is 1380. The zero-order chi connectivity index (χ0) is 25.1. The molecule has 2 aromatic heterocycles. The SMILES string of the molecule is Cc1cc(Nc2ccc(NC(=O)c3c(-c4ccccc4Cl)noc3C)cc2)nc(N2CCOCC2)n1. The number of anilines is 4. The number of nitrogens with zero attached hydrogens (tertiary/aromatic N) is 4. The Morgan fingerprint density at radius 1 is 1.00 bits per heavy atom. The van der Waals surface area contributed by atoms with E-state index in [1.54, 1.807) is 19.1 Å². The van der Waals surface area contributed by atoms with Crippen molar-refractivity contribution in [3.05, 3.63) is 76.6 Å². The van der Waals surface area contributed by atoms with Crippen molar-refractivity contribution in [3.8, 4) is 11.3 Å². The minimum absolute atomic E-state index is 0.328. The van der Waals surface area contributed by atoms with E-state index in [0.717, 1.165) is 24.5 Å². The predicted octanol–water partition coefficient (Wildman–Crippen LogP) is 5.23. The molecule has 4 aromatic rings. The molecule has 10 heteroatoms. The summed E-state index contributed by atoms with van der Waals surface area (Å²) < 4.78 is 10.7. The van der Waals surface area contributed by atoms with Gasteiger partial charge in [0.15, 0.2) is 0 Å². The van der Waals surface area contributed by atoms with Crippen LogP contribution in [0.25, 0.3) is 11.3 Å². The van der Waals surface area contributed by atoms with Gasteiger partial charge >= 0.3 is 0 Å². The lowest BCUT2D eigenvalue weighted by molar-refractivity contribution is 0.102. The van der Waals surface area contributed by atoms with Gasteiger partial charge in [-0.1, -0.05) is 35.0 Å². The first-order chi connectivity index (χ1) is 17.5. The summed E-state index contributed by atoms with van der Waals surface area (Å²) in [6.45, 7) is 6.51. The standard InChI is InChI=1S/C26H25ClN6O3/c1-16-15-22(31-26(28-16)33-11-13-35-14-12-33)29-18-7-9-19(10-8-18)30-25(34)23-17(2)36-32-24(23)20-5-3-4-6-21(20)27/h3-10,15H,11-14H2,1-2H3,(H,30,34)(H,28,29,31). The third-order valence-electron chi connectivity index (χ3n) is 5.77. The lowest BCUT2D eigenvalue weighted by Gasteiger charge is -2.27. The Kier molecular flexibility index (Phi) is 6.84. The van der Waals surface area contributed by atoms with E-state index in [-0.39, 0.29) is 5.91 Å². The first-order valence-corrected chi connectivity index (χ1v) is 11.9. The molecule has 36 heavy (non-hydrogen) atoms. The van der Waals surface area contributed by atoms with E-state index in [4.69, 9.17) is 20.9 Å². The van der Waals surface area contributed by atoms with E-state index in [0.29, 0.717) is 58.3 Å². The molecule has 5 rings (SSSR count). The second-order valence-electron chi connectivity index (χ2n) is 8.39. The Morgan fingerprint density at radius 2 is 1.72 bits per heavy atom. The van der Waals surface area contributed by atoms with Crippen molar-refractivity contribution in [1.82, 2.24) is 15.1 Å². The smallest absolute Gasteiger partial charge is 0.261 e. The number of ether oxygens (including phenoxy) is 1. The molecule has 1 aliphatic heterocycles. The van der Waals surface area contributed by atoms with E-state index in [2.05, 4.69) is 30.7 Å². The van der Waals surface area contributed by atoms with Crippen LogP contribution < -0.4 is 15.5 Å². The number of benzene rings is 2. The number of nitrogens with one attached hydrogen (secondary N) is 2. The third kappa shape index (κ3) is 5.17. The highest BCUT2D eigenvalue weighted by atomic mass is 35.5. The van der Waals surface area contributed by atoms with E-state index in [1.807, 2.05) is 49.4 Å². The van der Waals surface area contributed by atoms with Crippen LogP contribution >= 0.6 is 11.6 Å². The minimum Gasteiger partial charge on any atom is -0.378 e. The van der Waals surface area contributed by atoms with Gasteiger partial charge in [0.25, 0.3) is 5.91 Å². The van der Waals surface area contributed by atoms with Crippen LogP contribution in [0.1, 0.15) is 21.8 Å². The molecule has 2 aromatic carbocycles. The Hall–Kier alpha value is -3.95. The lowest BCUT2D eigenvalue weighted by Crippen LogP contribution is -2.37. The van der Waals surface area contributed by atoms with Crippen molar-refractivity contribution in [1.29, 1.82) is 0 Å². The van der Waals surface area contributed by atoms with Gasteiger partial charge in [-0.05, 0) is 44.2 Å². The van der Waals surface area contributed by atoms with E-state index in [9.17, 15) is 4.79 Å². The van der Waals surface area contributed by atoms with Crippen LogP contribution in [0.4, 0.5) is 23.1 Å². The number of amides is 1. The molecular weight excluding hydrogens is 480 g/mol. The molecule has 0 spiro atoms. The maximum Gasteiger partial charge on any atom is 0.261 e. The van der Waals surface area contributed by atoms with Gasteiger partial charge < -0.3 is 24.8 Å². The van der Waals surface area contributed by atoms with Gasteiger partial charge in [-0.3, -0.25) is 4.79 Å². The second-order valence-corrected chi connectivity index (χ2v) is 8.80. The quantitative estimate of drug-likeness (QED) is 0.367. The Labute approximate surface area is 213 Å². The number of rotatable bonds is 6. The molecule has 0 unspecified atom stereocenters. The highest BCUT2D eigenvalue weighted by Crippen LogP contribution is 2.31. The number of aryl methyl sites for hydroxylation is 2. The minimum atomic E-state index is -0.328. The molecular formula is C26H25ClN6O3. The fraction of sp³-hybridized carbons (Fsp3) is 0.231. The number of hydrogen-bond donors (Lipinski definition) is 2. The van der Waals surface area contributed by atoms with Gasteiger partial charge in [0.05, 0.1) is 18.2 Å². The molecule has 9 nitrogen and oxygen atoms in total. The van der Waals surface area contributed by atoms with Crippen LogP contribution in [-0.4, -0.2) is 47.3 Å².